The SMILES string of the molecule is C=C1CC(C)(c2ccc(Nc3c4ccccc4nc4occc34)cc2)OC1=O. The summed E-state index contributed by atoms with van der Waals surface area (Å²) in [5.74, 6) is -0.324. The van der Waals surface area contributed by atoms with Gasteiger partial charge in [0, 0.05) is 23.1 Å². The fraction of sp³-hybridized carbons (Fsp3) is 0.130. The van der Waals surface area contributed by atoms with Crippen LogP contribution in [0.3, 0.4) is 0 Å². The summed E-state index contributed by atoms with van der Waals surface area (Å²) >= 11 is 0. The lowest BCUT2D eigenvalue weighted by Crippen LogP contribution is -2.20. The lowest BCUT2D eigenvalue weighted by Gasteiger charge is -2.23. The number of pyridine rings is 1. The first-order valence-electron chi connectivity index (χ1n) is 9.08. The van der Waals surface area contributed by atoms with E-state index in [1.807, 2.05) is 61.5 Å². The van der Waals surface area contributed by atoms with Crippen molar-refractivity contribution in [1.29, 1.82) is 0 Å². The molecule has 138 valence electrons. The van der Waals surface area contributed by atoms with E-state index in [4.69, 9.17) is 9.15 Å². The van der Waals surface area contributed by atoms with Gasteiger partial charge in [-0.15, -0.1) is 0 Å². The zero-order valence-corrected chi connectivity index (χ0v) is 15.4. The number of ether oxygens (including phenoxy) is 1. The van der Waals surface area contributed by atoms with Crippen molar-refractivity contribution in [3.8, 4) is 0 Å². The van der Waals surface area contributed by atoms with Crippen LogP contribution < -0.4 is 5.32 Å². The lowest BCUT2D eigenvalue weighted by atomic mass is 9.91. The highest BCUT2D eigenvalue weighted by Crippen LogP contribution is 2.39. The third-order valence-electron chi connectivity index (χ3n) is 5.23. The summed E-state index contributed by atoms with van der Waals surface area (Å²) in [4.78, 5) is 16.3. The third kappa shape index (κ3) is 2.55. The van der Waals surface area contributed by atoms with Crippen LogP contribution in [0.15, 0.2) is 77.4 Å². The number of carbonyl (C=O) groups excluding carboxylic acids is 1. The van der Waals surface area contributed by atoms with Gasteiger partial charge in [0.1, 0.15) is 5.60 Å². The molecule has 5 nitrogen and oxygen atoms in total. The maximum atomic E-state index is 11.7. The van der Waals surface area contributed by atoms with Crippen LogP contribution in [0.2, 0.25) is 0 Å². The number of benzene rings is 2. The van der Waals surface area contributed by atoms with Gasteiger partial charge < -0.3 is 14.5 Å². The Morgan fingerprint density at radius 2 is 1.86 bits per heavy atom. The minimum absolute atomic E-state index is 0.324. The van der Waals surface area contributed by atoms with Crippen LogP contribution in [0.1, 0.15) is 18.9 Å². The first kappa shape index (κ1) is 16.6. The summed E-state index contributed by atoms with van der Waals surface area (Å²) in [6.07, 6.45) is 2.15. The fourth-order valence-electron chi connectivity index (χ4n) is 3.75. The third-order valence-corrected chi connectivity index (χ3v) is 5.23. The number of cyclic esters (lactones) is 1. The molecular formula is C23H18N2O3. The maximum Gasteiger partial charge on any atom is 0.334 e. The molecule has 5 heteroatoms. The van der Waals surface area contributed by atoms with Crippen LogP contribution in [-0.2, 0) is 15.1 Å². The Morgan fingerprint density at radius 1 is 1.07 bits per heavy atom. The molecule has 4 aromatic rings. The van der Waals surface area contributed by atoms with E-state index in [1.54, 1.807) is 6.26 Å². The van der Waals surface area contributed by atoms with Crippen molar-refractivity contribution in [1.82, 2.24) is 4.98 Å². The van der Waals surface area contributed by atoms with Gasteiger partial charge in [-0.3, -0.25) is 0 Å². The number of nitrogens with zero attached hydrogens (tertiary/aromatic N) is 1. The second kappa shape index (κ2) is 5.96. The number of nitrogens with one attached hydrogen (secondary N) is 1. The summed E-state index contributed by atoms with van der Waals surface area (Å²) in [6.45, 7) is 5.69. The number of hydrogen-bond acceptors (Lipinski definition) is 5. The van der Waals surface area contributed by atoms with Crippen LogP contribution in [-0.4, -0.2) is 11.0 Å². The van der Waals surface area contributed by atoms with E-state index in [0.29, 0.717) is 17.7 Å². The van der Waals surface area contributed by atoms with Gasteiger partial charge in [0.25, 0.3) is 0 Å². The van der Waals surface area contributed by atoms with Crippen LogP contribution in [0.5, 0.6) is 0 Å². The molecule has 0 aliphatic carbocycles. The Bertz CT molecular complexity index is 1220. The number of aromatic nitrogens is 1. The molecule has 3 heterocycles. The molecule has 1 fully saturated rings. The van der Waals surface area contributed by atoms with Gasteiger partial charge in [-0.2, -0.15) is 0 Å². The van der Waals surface area contributed by atoms with E-state index in [0.717, 1.165) is 33.2 Å². The Labute approximate surface area is 161 Å². The minimum Gasteiger partial charge on any atom is -0.451 e. The highest BCUT2D eigenvalue weighted by molar-refractivity contribution is 6.07. The fourth-order valence-corrected chi connectivity index (χ4v) is 3.75. The molecule has 0 bridgehead atoms. The van der Waals surface area contributed by atoms with Crippen LogP contribution in [0.25, 0.3) is 22.0 Å². The average molecular weight is 370 g/mol. The zero-order valence-electron chi connectivity index (χ0n) is 15.4. The minimum atomic E-state index is -0.659. The molecule has 28 heavy (non-hydrogen) atoms. The van der Waals surface area contributed by atoms with E-state index < -0.39 is 5.60 Å². The van der Waals surface area contributed by atoms with E-state index in [-0.39, 0.29) is 5.97 Å². The van der Waals surface area contributed by atoms with Gasteiger partial charge in [0.2, 0.25) is 5.71 Å². The van der Waals surface area contributed by atoms with Crippen LogP contribution in [0, 0.1) is 0 Å². The molecule has 2 aromatic carbocycles. The molecule has 0 spiro atoms. The first-order valence-corrected chi connectivity index (χ1v) is 9.08. The van der Waals surface area contributed by atoms with Gasteiger partial charge >= 0.3 is 5.97 Å². The summed E-state index contributed by atoms with van der Waals surface area (Å²) in [5.41, 5.74) is 4.14. The number of rotatable bonds is 3. The van der Waals surface area contributed by atoms with Crippen molar-refractivity contribution in [2.45, 2.75) is 18.9 Å². The molecule has 0 amide bonds. The number of fused-ring (bicyclic) bond motifs is 2. The molecule has 2 aromatic heterocycles. The molecule has 1 unspecified atom stereocenters. The molecule has 1 aliphatic heterocycles. The van der Waals surface area contributed by atoms with Gasteiger partial charge in [-0.05, 0) is 36.8 Å². The molecule has 0 saturated carbocycles. The van der Waals surface area contributed by atoms with Crippen molar-refractivity contribution in [3.05, 3.63) is 78.6 Å². The van der Waals surface area contributed by atoms with Gasteiger partial charge in [-0.25, -0.2) is 9.78 Å². The van der Waals surface area contributed by atoms with E-state index >= 15 is 0 Å². The smallest absolute Gasteiger partial charge is 0.334 e. The number of para-hydroxylation sites is 1. The van der Waals surface area contributed by atoms with Crippen molar-refractivity contribution in [3.63, 3.8) is 0 Å². The van der Waals surface area contributed by atoms with Gasteiger partial charge in [0.05, 0.1) is 22.9 Å². The van der Waals surface area contributed by atoms with Crippen molar-refractivity contribution < 1.29 is 13.9 Å². The molecule has 1 N–H and O–H groups in total. The normalized spacial score (nSPS) is 19.3. The maximum absolute atomic E-state index is 11.7. The summed E-state index contributed by atoms with van der Waals surface area (Å²) in [5, 5.41) is 5.45. The largest absolute Gasteiger partial charge is 0.451 e. The number of anilines is 2. The lowest BCUT2D eigenvalue weighted by molar-refractivity contribution is -0.145. The van der Waals surface area contributed by atoms with Crippen LogP contribution in [0.4, 0.5) is 11.4 Å². The molecular weight excluding hydrogens is 352 g/mol. The first-order chi connectivity index (χ1) is 13.5. The monoisotopic (exact) mass is 370 g/mol. The Balaban J connectivity index is 1.52. The number of carbonyl (C=O) groups is 1. The molecule has 5 rings (SSSR count). The standard InChI is InChI=1S/C23H18N2O3/c1-14-13-23(2,28-22(14)26)15-7-9-16(10-8-15)24-20-17-5-3-4-6-19(17)25-21-18(20)11-12-27-21/h3-12H,1,13H2,2H3,(H,24,25). The molecule has 1 atom stereocenters. The van der Waals surface area contributed by atoms with Gasteiger partial charge in [0.15, 0.2) is 0 Å². The number of hydrogen-bond donors (Lipinski definition) is 1. The molecule has 1 aliphatic rings. The highest BCUT2D eigenvalue weighted by atomic mass is 16.6. The quantitative estimate of drug-likeness (QED) is 0.384. The summed E-state index contributed by atoms with van der Waals surface area (Å²) in [7, 11) is 0. The number of esters is 1. The van der Waals surface area contributed by atoms with Crippen molar-refractivity contribution in [2.24, 2.45) is 0 Å². The Hall–Kier alpha value is -3.60. The predicted molar refractivity (Wildman–Crippen MR) is 108 cm³/mol. The highest BCUT2D eigenvalue weighted by Gasteiger charge is 2.40. The van der Waals surface area contributed by atoms with E-state index in [9.17, 15) is 4.79 Å². The average Bonchev–Trinajstić information content (AvgIpc) is 3.26. The summed E-state index contributed by atoms with van der Waals surface area (Å²) < 4.78 is 11.0. The van der Waals surface area contributed by atoms with E-state index in [2.05, 4.69) is 16.9 Å². The zero-order chi connectivity index (χ0) is 19.3. The van der Waals surface area contributed by atoms with Gasteiger partial charge in [-0.1, -0.05) is 36.9 Å². The van der Waals surface area contributed by atoms with Crippen LogP contribution >= 0.6 is 0 Å². The van der Waals surface area contributed by atoms with Crippen molar-refractivity contribution in [2.75, 3.05) is 5.32 Å². The Morgan fingerprint density at radius 3 is 2.61 bits per heavy atom. The number of furan rings is 1. The molecule has 0 radical (unpaired) electrons. The van der Waals surface area contributed by atoms with E-state index in [1.165, 1.54) is 0 Å². The predicted octanol–water partition coefficient (Wildman–Crippen LogP) is 5.44. The topological polar surface area (TPSA) is 64.4 Å². The second-order valence-corrected chi connectivity index (χ2v) is 7.25. The summed E-state index contributed by atoms with van der Waals surface area (Å²) in [6, 6.07) is 17.8. The second-order valence-electron chi connectivity index (χ2n) is 7.25. The molecule has 1 saturated heterocycles. The Kier molecular flexibility index (Phi) is 3.52. The van der Waals surface area contributed by atoms with Crippen molar-refractivity contribution >= 4 is 39.3 Å².